The number of carbonyl (C=O) groups is 1. The Morgan fingerprint density at radius 1 is 1.14 bits per heavy atom. The van der Waals surface area contributed by atoms with E-state index in [0.29, 0.717) is 5.56 Å². The maximum Gasteiger partial charge on any atom is 0.252 e. The molecule has 22 heavy (non-hydrogen) atoms. The average molecular weight is 291 g/mol. The van der Waals surface area contributed by atoms with Crippen molar-refractivity contribution in [2.75, 3.05) is 0 Å². The number of nitrogens with zero attached hydrogens (tertiary/aromatic N) is 2. The Hall–Kier alpha value is -2.75. The minimum absolute atomic E-state index is 0.0808. The predicted octanol–water partition coefficient (Wildman–Crippen LogP) is 3.43. The van der Waals surface area contributed by atoms with Gasteiger partial charge in [0.15, 0.2) is 0 Å². The van der Waals surface area contributed by atoms with Crippen LogP contribution in [0, 0.1) is 6.92 Å². The molecule has 0 saturated heterocycles. The summed E-state index contributed by atoms with van der Waals surface area (Å²) in [6.45, 7) is 3.86. The Kier molecular flexibility index (Phi) is 3.83. The van der Waals surface area contributed by atoms with Crippen molar-refractivity contribution in [3.63, 3.8) is 0 Å². The summed E-state index contributed by atoms with van der Waals surface area (Å²) in [6.07, 6.45) is 3.45. The third-order valence-corrected chi connectivity index (χ3v) is 3.64. The SMILES string of the molecule is Cc1cc(C(=O)NC(C)c2ccncc2)c2ccccc2n1. The molecular formula is C18H17N3O. The Morgan fingerprint density at radius 3 is 2.64 bits per heavy atom. The fourth-order valence-electron chi connectivity index (χ4n) is 2.51. The number of hydrogen-bond donors (Lipinski definition) is 1. The van der Waals surface area contributed by atoms with E-state index >= 15 is 0 Å². The van der Waals surface area contributed by atoms with Gasteiger partial charge in [0, 0.05) is 23.5 Å². The summed E-state index contributed by atoms with van der Waals surface area (Å²) in [7, 11) is 0. The van der Waals surface area contributed by atoms with E-state index < -0.39 is 0 Å². The van der Waals surface area contributed by atoms with Crippen LogP contribution in [-0.4, -0.2) is 15.9 Å². The van der Waals surface area contributed by atoms with Crippen molar-refractivity contribution in [1.82, 2.24) is 15.3 Å². The van der Waals surface area contributed by atoms with E-state index in [9.17, 15) is 4.79 Å². The number of amides is 1. The smallest absolute Gasteiger partial charge is 0.252 e. The molecule has 0 saturated carbocycles. The van der Waals surface area contributed by atoms with Gasteiger partial charge in [0.05, 0.1) is 17.1 Å². The largest absolute Gasteiger partial charge is 0.345 e. The van der Waals surface area contributed by atoms with Crippen molar-refractivity contribution in [3.8, 4) is 0 Å². The number of hydrogen-bond acceptors (Lipinski definition) is 3. The molecule has 1 unspecified atom stereocenters. The number of fused-ring (bicyclic) bond motifs is 1. The zero-order valence-electron chi connectivity index (χ0n) is 12.6. The van der Waals surface area contributed by atoms with Crippen molar-refractivity contribution in [3.05, 3.63) is 71.7 Å². The quantitative estimate of drug-likeness (QED) is 0.804. The topological polar surface area (TPSA) is 54.9 Å². The minimum atomic E-state index is -0.0917. The third-order valence-electron chi connectivity index (χ3n) is 3.64. The van der Waals surface area contributed by atoms with Crippen LogP contribution in [-0.2, 0) is 0 Å². The normalized spacial score (nSPS) is 12.1. The lowest BCUT2D eigenvalue weighted by Gasteiger charge is -2.15. The van der Waals surface area contributed by atoms with E-state index in [1.165, 1.54) is 0 Å². The highest BCUT2D eigenvalue weighted by atomic mass is 16.1. The van der Waals surface area contributed by atoms with Gasteiger partial charge in [-0.2, -0.15) is 0 Å². The summed E-state index contributed by atoms with van der Waals surface area (Å²) in [4.78, 5) is 21.1. The Bertz CT molecular complexity index is 815. The molecule has 0 spiro atoms. The lowest BCUT2D eigenvalue weighted by Crippen LogP contribution is -2.27. The molecule has 0 bridgehead atoms. The summed E-state index contributed by atoms with van der Waals surface area (Å²) in [5.74, 6) is -0.0917. The molecule has 0 radical (unpaired) electrons. The van der Waals surface area contributed by atoms with Gasteiger partial charge in [0.2, 0.25) is 0 Å². The molecule has 1 amide bonds. The molecule has 1 atom stereocenters. The first-order chi connectivity index (χ1) is 10.6. The van der Waals surface area contributed by atoms with Crippen molar-refractivity contribution >= 4 is 16.8 Å². The van der Waals surface area contributed by atoms with Gasteiger partial charge in [0.1, 0.15) is 0 Å². The van der Waals surface area contributed by atoms with Gasteiger partial charge < -0.3 is 5.32 Å². The van der Waals surface area contributed by atoms with Crippen molar-refractivity contribution < 1.29 is 4.79 Å². The fraction of sp³-hybridized carbons (Fsp3) is 0.167. The van der Waals surface area contributed by atoms with Crippen molar-refractivity contribution in [1.29, 1.82) is 0 Å². The van der Waals surface area contributed by atoms with Crippen LogP contribution in [0.4, 0.5) is 0 Å². The first-order valence-electron chi connectivity index (χ1n) is 7.22. The van der Waals surface area contributed by atoms with Gasteiger partial charge in [-0.15, -0.1) is 0 Å². The standard InChI is InChI=1S/C18H17N3O/c1-12-11-16(15-5-3-4-6-17(15)20-12)18(22)21-13(2)14-7-9-19-10-8-14/h3-11,13H,1-2H3,(H,21,22). The zero-order valence-corrected chi connectivity index (χ0v) is 12.6. The van der Waals surface area contributed by atoms with Crippen molar-refractivity contribution in [2.24, 2.45) is 0 Å². The Labute approximate surface area is 129 Å². The van der Waals surface area contributed by atoms with Gasteiger partial charge in [-0.25, -0.2) is 0 Å². The molecule has 2 heterocycles. The van der Waals surface area contributed by atoms with Crippen LogP contribution in [0.1, 0.15) is 34.6 Å². The van der Waals surface area contributed by atoms with E-state index in [0.717, 1.165) is 22.2 Å². The maximum absolute atomic E-state index is 12.6. The summed E-state index contributed by atoms with van der Waals surface area (Å²) < 4.78 is 0. The average Bonchev–Trinajstić information content (AvgIpc) is 2.54. The summed E-state index contributed by atoms with van der Waals surface area (Å²) in [5.41, 5.74) is 3.35. The van der Waals surface area contributed by atoms with Gasteiger partial charge in [-0.3, -0.25) is 14.8 Å². The second-order valence-electron chi connectivity index (χ2n) is 5.30. The molecule has 3 rings (SSSR count). The van der Waals surface area contributed by atoms with Crippen LogP contribution in [0.2, 0.25) is 0 Å². The number of benzene rings is 1. The van der Waals surface area contributed by atoms with Crippen LogP contribution >= 0.6 is 0 Å². The van der Waals surface area contributed by atoms with Crippen LogP contribution < -0.4 is 5.32 Å². The van der Waals surface area contributed by atoms with E-state index in [-0.39, 0.29) is 11.9 Å². The van der Waals surface area contributed by atoms with Gasteiger partial charge in [0.25, 0.3) is 5.91 Å². The Morgan fingerprint density at radius 2 is 1.86 bits per heavy atom. The van der Waals surface area contributed by atoms with Gasteiger partial charge >= 0.3 is 0 Å². The second-order valence-corrected chi connectivity index (χ2v) is 5.30. The highest BCUT2D eigenvalue weighted by molar-refractivity contribution is 6.06. The highest BCUT2D eigenvalue weighted by Crippen LogP contribution is 2.19. The lowest BCUT2D eigenvalue weighted by molar-refractivity contribution is 0.0941. The number of pyridine rings is 2. The minimum Gasteiger partial charge on any atom is -0.345 e. The molecule has 2 aromatic heterocycles. The number of aryl methyl sites for hydroxylation is 1. The highest BCUT2D eigenvalue weighted by Gasteiger charge is 2.15. The monoisotopic (exact) mass is 291 g/mol. The second kappa shape index (κ2) is 5.93. The number of nitrogens with one attached hydrogen (secondary N) is 1. The van der Waals surface area contributed by atoms with Gasteiger partial charge in [-0.1, -0.05) is 18.2 Å². The molecule has 0 aliphatic carbocycles. The number of rotatable bonds is 3. The first-order valence-corrected chi connectivity index (χ1v) is 7.22. The molecule has 1 N–H and O–H groups in total. The molecule has 4 nitrogen and oxygen atoms in total. The molecule has 3 aromatic rings. The molecule has 0 aliphatic rings. The van der Waals surface area contributed by atoms with E-state index in [1.807, 2.05) is 56.3 Å². The zero-order chi connectivity index (χ0) is 15.5. The Balaban J connectivity index is 1.93. The van der Waals surface area contributed by atoms with Crippen LogP contribution in [0.25, 0.3) is 10.9 Å². The van der Waals surface area contributed by atoms with Crippen LogP contribution in [0.15, 0.2) is 54.9 Å². The van der Waals surface area contributed by atoms with Crippen molar-refractivity contribution in [2.45, 2.75) is 19.9 Å². The van der Waals surface area contributed by atoms with E-state index in [1.54, 1.807) is 12.4 Å². The molecule has 110 valence electrons. The molecule has 0 fully saturated rings. The molecular weight excluding hydrogens is 274 g/mol. The summed E-state index contributed by atoms with van der Waals surface area (Å²) in [5, 5.41) is 3.91. The lowest BCUT2D eigenvalue weighted by atomic mass is 10.1. The first kappa shape index (κ1) is 14.2. The number of carbonyl (C=O) groups excluding carboxylic acids is 1. The van der Waals surface area contributed by atoms with E-state index in [4.69, 9.17) is 0 Å². The number of para-hydroxylation sites is 1. The predicted molar refractivity (Wildman–Crippen MR) is 86.6 cm³/mol. The van der Waals surface area contributed by atoms with Gasteiger partial charge in [-0.05, 0) is 43.7 Å². The summed E-state index contributed by atoms with van der Waals surface area (Å²) >= 11 is 0. The molecule has 1 aromatic carbocycles. The maximum atomic E-state index is 12.6. The summed E-state index contributed by atoms with van der Waals surface area (Å²) in [6, 6.07) is 13.2. The fourth-order valence-corrected chi connectivity index (χ4v) is 2.51. The third kappa shape index (κ3) is 2.81. The van der Waals surface area contributed by atoms with Crippen LogP contribution in [0.3, 0.4) is 0 Å². The number of aromatic nitrogens is 2. The molecule has 0 aliphatic heterocycles. The molecule has 4 heteroatoms. The van der Waals surface area contributed by atoms with Crippen LogP contribution in [0.5, 0.6) is 0 Å². The van der Waals surface area contributed by atoms with E-state index in [2.05, 4.69) is 15.3 Å².